The molecule has 0 bridgehead atoms. The molecule has 2 rings (SSSR count). The fourth-order valence-electron chi connectivity index (χ4n) is 2.68. The minimum atomic E-state index is -0.350. The van der Waals surface area contributed by atoms with Crippen LogP contribution in [0.2, 0.25) is 0 Å². The van der Waals surface area contributed by atoms with Crippen molar-refractivity contribution in [2.24, 2.45) is 17.4 Å². The van der Waals surface area contributed by atoms with Crippen molar-refractivity contribution in [2.75, 3.05) is 14.1 Å². The first-order valence-corrected chi connectivity index (χ1v) is 6.82. The van der Waals surface area contributed by atoms with Crippen LogP contribution in [-0.2, 0) is 24.2 Å². The van der Waals surface area contributed by atoms with Crippen LogP contribution >= 0.6 is 0 Å². The molecular weight excluding hydrogens is 254 g/mol. The molecule has 5 nitrogen and oxygen atoms in total. The lowest BCUT2D eigenvalue weighted by Gasteiger charge is -2.26. The maximum atomic E-state index is 11.4. The normalized spacial score (nSPS) is 18.4. The van der Waals surface area contributed by atoms with E-state index in [0.29, 0.717) is 6.54 Å². The van der Waals surface area contributed by atoms with Gasteiger partial charge in [-0.2, -0.15) is 0 Å². The average Bonchev–Trinajstić information content (AvgIpc) is 2.37. The maximum Gasteiger partial charge on any atom is 0.413 e. The first-order chi connectivity index (χ1) is 9.29. The summed E-state index contributed by atoms with van der Waals surface area (Å²) in [5.74, 6) is -0.266. The Kier molecular flexibility index (Phi) is 3.81. The molecule has 5 heteroatoms. The van der Waals surface area contributed by atoms with E-state index in [9.17, 15) is 9.59 Å². The maximum absolute atomic E-state index is 11.4. The summed E-state index contributed by atoms with van der Waals surface area (Å²) in [5.41, 5.74) is 14.3. The van der Waals surface area contributed by atoms with Crippen LogP contribution in [0.4, 0.5) is 4.79 Å². The molecule has 0 saturated carbocycles. The van der Waals surface area contributed by atoms with E-state index in [1.807, 2.05) is 12.1 Å². The van der Waals surface area contributed by atoms with Crippen LogP contribution in [0, 0.1) is 5.92 Å². The number of fused-ring (bicyclic) bond motifs is 1. The van der Waals surface area contributed by atoms with Crippen LogP contribution in [-0.4, -0.2) is 30.5 Å². The van der Waals surface area contributed by atoms with Crippen molar-refractivity contribution >= 4 is 11.9 Å². The monoisotopic (exact) mass is 276 g/mol. The molecule has 0 spiro atoms. The third-order valence-electron chi connectivity index (χ3n) is 4.08. The molecule has 0 radical (unpaired) electrons. The van der Waals surface area contributed by atoms with Gasteiger partial charge < -0.3 is 11.5 Å². The van der Waals surface area contributed by atoms with Crippen molar-refractivity contribution in [3.63, 3.8) is 0 Å². The molecule has 1 aliphatic carbocycles. The van der Waals surface area contributed by atoms with Gasteiger partial charge in [0.2, 0.25) is 5.91 Å². The number of amides is 3. The number of rotatable bonds is 3. The smallest absolute Gasteiger partial charge is 0.369 e. The highest BCUT2D eigenvalue weighted by atomic mass is 16.2. The van der Waals surface area contributed by atoms with Gasteiger partial charge in [0.25, 0.3) is 0 Å². The van der Waals surface area contributed by atoms with E-state index in [1.54, 1.807) is 14.1 Å². The lowest BCUT2D eigenvalue weighted by molar-refractivity contribution is -0.821. The third kappa shape index (κ3) is 2.99. The average molecular weight is 276 g/mol. The number of primary amides is 2. The second-order valence-electron chi connectivity index (χ2n) is 6.13. The Hall–Kier alpha value is -1.88. The second kappa shape index (κ2) is 5.25. The summed E-state index contributed by atoms with van der Waals surface area (Å²) in [5, 5.41) is 0. The van der Waals surface area contributed by atoms with Crippen LogP contribution in [0.25, 0.3) is 0 Å². The van der Waals surface area contributed by atoms with Gasteiger partial charge in [0.05, 0.1) is 14.1 Å². The van der Waals surface area contributed by atoms with Gasteiger partial charge >= 0.3 is 6.03 Å². The Morgan fingerprint density at radius 3 is 2.55 bits per heavy atom. The Balaban J connectivity index is 2.18. The lowest BCUT2D eigenvalue weighted by atomic mass is 9.83. The first-order valence-electron chi connectivity index (χ1n) is 6.82. The fraction of sp³-hybridized carbons (Fsp3) is 0.467. The molecule has 0 saturated heterocycles. The number of aryl methyl sites for hydroxylation is 1. The lowest BCUT2D eigenvalue weighted by Crippen LogP contribution is -2.48. The van der Waals surface area contributed by atoms with E-state index in [4.69, 9.17) is 11.5 Å². The zero-order valence-electron chi connectivity index (χ0n) is 12.1. The van der Waals surface area contributed by atoms with Crippen molar-refractivity contribution < 1.29 is 14.1 Å². The molecule has 0 aliphatic heterocycles. The SMILES string of the molecule is C[N+](C)(Cc1ccc2c(c1)CCC(C(N)=O)C2)C(N)=O. The van der Waals surface area contributed by atoms with E-state index in [1.165, 1.54) is 11.1 Å². The van der Waals surface area contributed by atoms with Gasteiger partial charge in [0.1, 0.15) is 6.54 Å². The van der Waals surface area contributed by atoms with Crippen molar-refractivity contribution in [2.45, 2.75) is 25.8 Å². The van der Waals surface area contributed by atoms with Crippen molar-refractivity contribution in [3.8, 4) is 0 Å². The van der Waals surface area contributed by atoms with E-state index < -0.39 is 0 Å². The van der Waals surface area contributed by atoms with Crippen LogP contribution < -0.4 is 11.5 Å². The predicted octanol–water partition coefficient (Wildman–Crippen LogP) is 0.932. The molecule has 1 aromatic carbocycles. The van der Waals surface area contributed by atoms with Crippen molar-refractivity contribution in [1.29, 1.82) is 0 Å². The Morgan fingerprint density at radius 2 is 1.95 bits per heavy atom. The molecule has 1 aromatic rings. The fourth-order valence-corrected chi connectivity index (χ4v) is 2.68. The molecule has 20 heavy (non-hydrogen) atoms. The summed E-state index contributed by atoms with van der Waals surface area (Å²) < 4.78 is 0.128. The molecule has 0 fully saturated rings. The topological polar surface area (TPSA) is 86.2 Å². The molecule has 3 amide bonds. The largest absolute Gasteiger partial charge is 0.413 e. The molecule has 1 unspecified atom stereocenters. The number of hydrogen-bond acceptors (Lipinski definition) is 2. The minimum Gasteiger partial charge on any atom is -0.369 e. The van der Waals surface area contributed by atoms with Crippen LogP contribution in [0.15, 0.2) is 18.2 Å². The quantitative estimate of drug-likeness (QED) is 0.805. The molecule has 108 valence electrons. The zero-order chi connectivity index (χ0) is 14.9. The number of carbonyl (C=O) groups excluding carboxylic acids is 2. The summed E-state index contributed by atoms with van der Waals surface area (Å²) >= 11 is 0. The van der Waals surface area contributed by atoms with E-state index in [-0.39, 0.29) is 22.3 Å². The van der Waals surface area contributed by atoms with Crippen LogP contribution in [0.5, 0.6) is 0 Å². The number of carbonyl (C=O) groups is 2. The van der Waals surface area contributed by atoms with Gasteiger partial charge in [-0.25, -0.2) is 9.28 Å². The standard InChI is InChI=1S/C15H21N3O2/c1-18(2,15(17)20)9-10-3-4-12-8-13(14(16)19)6-5-11(12)7-10/h3-4,7,13H,5-6,8-9H2,1-2H3,(H3-,16,17,19,20)/p+1. The van der Waals surface area contributed by atoms with Crippen LogP contribution in [0.1, 0.15) is 23.1 Å². The Bertz CT molecular complexity index is 552. The number of urea groups is 1. The minimum absolute atomic E-state index is 0.0498. The first kappa shape index (κ1) is 14.5. The number of nitrogens with two attached hydrogens (primary N) is 2. The van der Waals surface area contributed by atoms with Crippen molar-refractivity contribution in [1.82, 2.24) is 0 Å². The summed E-state index contributed by atoms with van der Waals surface area (Å²) in [6.45, 7) is 0.571. The predicted molar refractivity (Wildman–Crippen MR) is 76.5 cm³/mol. The van der Waals surface area contributed by atoms with Gasteiger partial charge in [-0.1, -0.05) is 12.1 Å². The number of quaternary nitrogens is 1. The zero-order valence-corrected chi connectivity index (χ0v) is 12.1. The van der Waals surface area contributed by atoms with Gasteiger partial charge in [0, 0.05) is 11.5 Å². The number of benzene rings is 1. The van der Waals surface area contributed by atoms with Crippen LogP contribution in [0.3, 0.4) is 0 Å². The third-order valence-corrected chi connectivity index (χ3v) is 4.08. The highest BCUT2D eigenvalue weighted by molar-refractivity contribution is 5.77. The molecular formula is C15H22N3O2+. The summed E-state index contributed by atoms with van der Waals surface area (Å²) in [4.78, 5) is 22.6. The van der Waals surface area contributed by atoms with E-state index in [2.05, 4.69) is 6.07 Å². The summed E-state index contributed by atoms with van der Waals surface area (Å²) in [6.07, 6.45) is 2.39. The second-order valence-corrected chi connectivity index (χ2v) is 6.13. The van der Waals surface area contributed by atoms with Crippen molar-refractivity contribution in [3.05, 3.63) is 34.9 Å². The highest BCUT2D eigenvalue weighted by Gasteiger charge is 2.26. The van der Waals surface area contributed by atoms with E-state index >= 15 is 0 Å². The highest BCUT2D eigenvalue weighted by Crippen LogP contribution is 2.27. The number of hydrogen-bond donors (Lipinski definition) is 2. The van der Waals surface area contributed by atoms with Gasteiger partial charge in [-0.05, 0) is 36.5 Å². The molecule has 0 aromatic heterocycles. The number of nitrogens with zero attached hydrogens (tertiary/aromatic N) is 1. The molecule has 1 aliphatic rings. The molecule has 1 atom stereocenters. The van der Waals surface area contributed by atoms with E-state index in [0.717, 1.165) is 24.8 Å². The molecule has 0 heterocycles. The summed E-state index contributed by atoms with van der Waals surface area (Å²) in [6, 6.07) is 5.82. The van der Waals surface area contributed by atoms with Gasteiger partial charge in [0.15, 0.2) is 0 Å². The van der Waals surface area contributed by atoms with Gasteiger partial charge in [-0.15, -0.1) is 0 Å². The Morgan fingerprint density at radius 1 is 1.25 bits per heavy atom. The Labute approximate surface area is 119 Å². The van der Waals surface area contributed by atoms with Gasteiger partial charge in [-0.3, -0.25) is 4.79 Å². The molecule has 4 N–H and O–H groups in total. The summed E-state index contributed by atoms with van der Waals surface area (Å²) in [7, 11) is 3.59.